The summed E-state index contributed by atoms with van der Waals surface area (Å²) in [4.78, 5) is 17.9. The molecule has 0 radical (unpaired) electrons. The predicted octanol–water partition coefficient (Wildman–Crippen LogP) is 4.03. The van der Waals surface area contributed by atoms with Gasteiger partial charge in [0.2, 0.25) is 5.91 Å². The van der Waals surface area contributed by atoms with E-state index in [1.165, 1.54) is 16.5 Å². The van der Waals surface area contributed by atoms with Crippen LogP contribution in [0.25, 0.3) is 10.9 Å². The number of rotatable bonds is 5. The van der Waals surface area contributed by atoms with Gasteiger partial charge in [0, 0.05) is 37.9 Å². The third-order valence-corrected chi connectivity index (χ3v) is 6.37. The highest BCUT2D eigenvalue weighted by molar-refractivity contribution is 5.87. The van der Waals surface area contributed by atoms with Gasteiger partial charge in [0.05, 0.1) is 0 Å². The molecule has 4 rings (SSSR count). The van der Waals surface area contributed by atoms with Crippen LogP contribution in [-0.2, 0) is 17.9 Å². The van der Waals surface area contributed by atoms with Crippen molar-refractivity contribution >= 4 is 16.8 Å². The predicted molar refractivity (Wildman–Crippen MR) is 106 cm³/mol. The minimum absolute atomic E-state index is 0.238. The second-order valence-corrected chi connectivity index (χ2v) is 7.95. The summed E-state index contributed by atoms with van der Waals surface area (Å²) in [6, 6.07) is 9.00. The third-order valence-electron chi connectivity index (χ3n) is 6.37. The molecule has 0 N–H and O–H groups in total. The lowest BCUT2D eigenvalue weighted by Crippen LogP contribution is -2.59. The molecule has 1 aromatic carbocycles. The fourth-order valence-corrected chi connectivity index (χ4v) is 5.08. The molecule has 1 amide bonds. The number of piperidine rings is 1. The number of carbonyl (C=O) groups excluding carboxylic acids is 1. The van der Waals surface area contributed by atoms with E-state index in [1.54, 1.807) is 0 Å². The quantitative estimate of drug-likeness (QED) is 0.812. The zero-order chi connectivity index (χ0) is 18.1. The van der Waals surface area contributed by atoms with Crippen LogP contribution in [0.2, 0.25) is 0 Å². The summed E-state index contributed by atoms with van der Waals surface area (Å²) < 4.78 is 2.28. The van der Waals surface area contributed by atoms with Crippen LogP contribution in [0.3, 0.4) is 0 Å². The number of nitrogens with zero attached hydrogens (tertiary/aromatic N) is 3. The Bertz CT molecular complexity index is 794. The van der Waals surface area contributed by atoms with Gasteiger partial charge in [-0.25, -0.2) is 0 Å². The molecular weight excluding hydrogens is 322 g/mol. The first-order valence-corrected chi connectivity index (χ1v) is 10.3. The standard InChI is InChI=1S/C22H31N3O/c1-3-12-24-13-5-10-22(21(24)26)11-6-14-25(22)17-18-7-8-20-19(16-18)9-15-23(20)4-2/h7-9,15-16H,3-6,10-14,17H2,1-2H3. The van der Waals surface area contributed by atoms with Crippen molar-refractivity contribution in [2.24, 2.45) is 0 Å². The number of aryl methyl sites for hydroxylation is 1. The van der Waals surface area contributed by atoms with Gasteiger partial charge < -0.3 is 9.47 Å². The van der Waals surface area contributed by atoms with Gasteiger partial charge >= 0.3 is 0 Å². The van der Waals surface area contributed by atoms with Crippen molar-refractivity contribution in [1.82, 2.24) is 14.4 Å². The van der Waals surface area contributed by atoms with E-state index in [1.807, 2.05) is 0 Å². The monoisotopic (exact) mass is 353 g/mol. The van der Waals surface area contributed by atoms with E-state index < -0.39 is 0 Å². The van der Waals surface area contributed by atoms with E-state index in [0.717, 1.165) is 64.8 Å². The van der Waals surface area contributed by atoms with Crippen molar-refractivity contribution in [3.8, 4) is 0 Å². The number of hydrogen-bond donors (Lipinski definition) is 0. The second kappa shape index (κ2) is 7.07. The van der Waals surface area contributed by atoms with Crippen LogP contribution < -0.4 is 0 Å². The normalized spacial score (nSPS) is 24.2. The molecule has 140 valence electrons. The Morgan fingerprint density at radius 3 is 2.65 bits per heavy atom. The second-order valence-electron chi connectivity index (χ2n) is 7.95. The Morgan fingerprint density at radius 1 is 1.08 bits per heavy atom. The fourth-order valence-electron chi connectivity index (χ4n) is 5.08. The van der Waals surface area contributed by atoms with Gasteiger partial charge in [0.1, 0.15) is 5.54 Å². The Morgan fingerprint density at radius 2 is 1.88 bits per heavy atom. The molecule has 2 saturated heterocycles. The minimum atomic E-state index is -0.238. The van der Waals surface area contributed by atoms with Gasteiger partial charge in [-0.15, -0.1) is 0 Å². The average molecular weight is 354 g/mol. The van der Waals surface area contributed by atoms with E-state index in [9.17, 15) is 4.79 Å². The molecule has 2 aliphatic rings. The van der Waals surface area contributed by atoms with Gasteiger partial charge in [0.15, 0.2) is 0 Å². The van der Waals surface area contributed by atoms with E-state index >= 15 is 0 Å². The largest absolute Gasteiger partial charge is 0.348 e. The number of amides is 1. The number of aromatic nitrogens is 1. The van der Waals surface area contributed by atoms with Gasteiger partial charge in [-0.2, -0.15) is 0 Å². The molecule has 1 aromatic heterocycles. The maximum Gasteiger partial charge on any atom is 0.243 e. The average Bonchev–Trinajstić information content (AvgIpc) is 3.24. The third kappa shape index (κ3) is 2.84. The van der Waals surface area contributed by atoms with Crippen molar-refractivity contribution in [3.05, 3.63) is 36.0 Å². The molecular formula is C22H31N3O. The van der Waals surface area contributed by atoms with Gasteiger partial charge in [0.25, 0.3) is 0 Å². The molecule has 2 aliphatic heterocycles. The maximum atomic E-state index is 13.3. The van der Waals surface area contributed by atoms with Gasteiger partial charge in [-0.3, -0.25) is 9.69 Å². The van der Waals surface area contributed by atoms with E-state index in [2.05, 4.69) is 58.7 Å². The Kier molecular flexibility index (Phi) is 4.78. The van der Waals surface area contributed by atoms with E-state index in [-0.39, 0.29) is 5.54 Å². The molecule has 1 unspecified atom stereocenters. The maximum absolute atomic E-state index is 13.3. The molecule has 0 aliphatic carbocycles. The summed E-state index contributed by atoms with van der Waals surface area (Å²) in [5.74, 6) is 0.390. The molecule has 2 fully saturated rings. The fraction of sp³-hybridized carbons (Fsp3) is 0.591. The molecule has 1 atom stereocenters. The Labute approximate surface area is 156 Å². The molecule has 26 heavy (non-hydrogen) atoms. The smallest absolute Gasteiger partial charge is 0.243 e. The summed E-state index contributed by atoms with van der Waals surface area (Å²) in [6.45, 7) is 9.12. The zero-order valence-electron chi connectivity index (χ0n) is 16.2. The number of likely N-dealkylation sites (tertiary alicyclic amines) is 2. The minimum Gasteiger partial charge on any atom is -0.348 e. The summed E-state index contributed by atoms with van der Waals surface area (Å²) in [5.41, 5.74) is 2.39. The highest BCUT2D eigenvalue weighted by Crippen LogP contribution is 2.39. The van der Waals surface area contributed by atoms with Crippen LogP contribution in [-0.4, -0.2) is 45.4 Å². The lowest BCUT2D eigenvalue weighted by Gasteiger charge is -2.44. The number of carbonyl (C=O) groups is 1. The lowest BCUT2D eigenvalue weighted by atomic mass is 9.85. The van der Waals surface area contributed by atoms with Crippen LogP contribution in [0.15, 0.2) is 30.5 Å². The molecule has 4 heteroatoms. The van der Waals surface area contributed by atoms with Crippen LogP contribution in [0.4, 0.5) is 0 Å². The van der Waals surface area contributed by atoms with Crippen molar-refractivity contribution in [2.75, 3.05) is 19.6 Å². The number of benzene rings is 1. The SMILES string of the molecule is CCCN1CCCC2(CCCN2Cc2ccc3c(ccn3CC)c2)C1=O. The van der Waals surface area contributed by atoms with E-state index in [4.69, 9.17) is 0 Å². The number of fused-ring (bicyclic) bond motifs is 1. The van der Waals surface area contributed by atoms with E-state index in [0.29, 0.717) is 5.91 Å². The summed E-state index contributed by atoms with van der Waals surface area (Å²) in [6.07, 6.45) is 7.55. The van der Waals surface area contributed by atoms with Crippen LogP contribution in [0.1, 0.15) is 51.5 Å². The van der Waals surface area contributed by atoms with Gasteiger partial charge in [-0.05, 0) is 74.7 Å². The summed E-state index contributed by atoms with van der Waals surface area (Å²) in [7, 11) is 0. The van der Waals surface area contributed by atoms with Crippen molar-refractivity contribution < 1.29 is 4.79 Å². The summed E-state index contributed by atoms with van der Waals surface area (Å²) in [5, 5.41) is 1.31. The first-order chi connectivity index (χ1) is 12.7. The molecule has 4 nitrogen and oxygen atoms in total. The molecule has 1 spiro atoms. The lowest BCUT2D eigenvalue weighted by molar-refractivity contribution is -0.147. The van der Waals surface area contributed by atoms with Crippen LogP contribution in [0.5, 0.6) is 0 Å². The highest BCUT2D eigenvalue weighted by Gasteiger charge is 2.50. The molecule has 3 heterocycles. The van der Waals surface area contributed by atoms with Crippen molar-refractivity contribution in [2.45, 2.75) is 64.6 Å². The molecule has 2 aromatic rings. The highest BCUT2D eigenvalue weighted by atomic mass is 16.2. The zero-order valence-corrected chi connectivity index (χ0v) is 16.2. The first kappa shape index (κ1) is 17.6. The van der Waals surface area contributed by atoms with Crippen molar-refractivity contribution in [3.63, 3.8) is 0 Å². The Hall–Kier alpha value is -1.81. The topological polar surface area (TPSA) is 28.5 Å². The first-order valence-electron chi connectivity index (χ1n) is 10.3. The molecule has 0 saturated carbocycles. The number of hydrogen-bond acceptors (Lipinski definition) is 2. The molecule has 0 bridgehead atoms. The van der Waals surface area contributed by atoms with Crippen molar-refractivity contribution in [1.29, 1.82) is 0 Å². The van der Waals surface area contributed by atoms with Crippen LogP contribution >= 0.6 is 0 Å². The van der Waals surface area contributed by atoms with Gasteiger partial charge in [-0.1, -0.05) is 13.0 Å². The van der Waals surface area contributed by atoms with Crippen LogP contribution in [0, 0.1) is 0 Å². The summed E-state index contributed by atoms with van der Waals surface area (Å²) >= 11 is 0. The Balaban J connectivity index is 1.58.